The summed E-state index contributed by atoms with van der Waals surface area (Å²) in [7, 11) is 1.56. The van der Waals surface area contributed by atoms with Crippen LogP contribution in [0.15, 0.2) is 72.8 Å². The van der Waals surface area contributed by atoms with Crippen LogP contribution in [0.5, 0.6) is 11.5 Å². The largest absolute Gasteiger partial charge is 0.497 e. The van der Waals surface area contributed by atoms with E-state index in [4.69, 9.17) is 14.7 Å². The van der Waals surface area contributed by atoms with Crippen molar-refractivity contribution in [2.75, 3.05) is 25.6 Å². The summed E-state index contributed by atoms with van der Waals surface area (Å²) in [5.74, 6) is 0.720. The first kappa shape index (κ1) is 24.3. The molecule has 0 aliphatic heterocycles. The van der Waals surface area contributed by atoms with Gasteiger partial charge in [0.25, 0.3) is 11.8 Å². The summed E-state index contributed by atoms with van der Waals surface area (Å²) in [5.41, 5.74) is 2.68. The molecule has 1 N–H and O–H groups in total. The number of rotatable bonds is 9. The molecule has 0 saturated carbocycles. The molecular formula is C27H27N3O4. The number of hydrogen-bond donors (Lipinski definition) is 1. The van der Waals surface area contributed by atoms with Crippen LogP contribution in [-0.2, 0) is 4.79 Å². The molecule has 0 radical (unpaired) electrons. The Bertz CT molecular complexity index is 1170. The van der Waals surface area contributed by atoms with Crippen molar-refractivity contribution in [2.45, 2.75) is 19.9 Å². The van der Waals surface area contributed by atoms with Crippen LogP contribution in [0.2, 0.25) is 0 Å². The summed E-state index contributed by atoms with van der Waals surface area (Å²) in [6.07, 6.45) is 0. The molecule has 1 unspecified atom stereocenters. The molecule has 0 aromatic heterocycles. The SMILES string of the molecule is CCN(C(=O)c1ccc(OCC(=O)Nc2cccc(OC)c2)cc1)C(C)c1ccc(C#N)cc1. The molecule has 34 heavy (non-hydrogen) atoms. The third-order valence-electron chi connectivity index (χ3n) is 5.42. The van der Waals surface area contributed by atoms with E-state index in [1.54, 1.807) is 72.7 Å². The van der Waals surface area contributed by atoms with Gasteiger partial charge in [0.15, 0.2) is 6.61 Å². The van der Waals surface area contributed by atoms with E-state index in [0.717, 1.165) is 5.56 Å². The molecule has 0 saturated heterocycles. The zero-order valence-electron chi connectivity index (χ0n) is 19.4. The third-order valence-corrected chi connectivity index (χ3v) is 5.42. The molecule has 3 aromatic rings. The van der Waals surface area contributed by atoms with E-state index >= 15 is 0 Å². The van der Waals surface area contributed by atoms with E-state index in [-0.39, 0.29) is 24.5 Å². The number of nitrogens with zero attached hydrogens (tertiary/aromatic N) is 2. The van der Waals surface area contributed by atoms with Crippen molar-refractivity contribution in [3.05, 3.63) is 89.5 Å². The third kappa shape index (κ3) is 6.14. The second kappa shape index (κ2) is 11.5. The van der Waals surface area contributed by atoms with Gasteiger partial charge in [-0.05, 0) is 67.9 Å². The number of amides is 2. The molecule has 1 atom stereocenters. The van der Waals surface area contributed by atoms with Crippen molar-refractivity contribution in [2.24, 2.45) is 0 Å². The lowest BCUT2D eigenvalue weighted by atomic mass is 10.0. The molecular weight excluding hydrogens is 430 g/mol. The number of anilines is 1. The van der Waals surface area contributed by atoms with Crippen LogP contribution in [0, 0.1) is 11.3 Å². The standard InChI is InChI=1S/C27H27N3O4/c1-4-30(19(2)21-10-8-20(17-28)9-11-21)27(32)22-12-14-24(15-13-22)34-18-26(31)29-23-6-5-7-25(16-23)33-3/h5-16,19H,4,18H2,1-3H3,(H,29,31). The van der Waals surface area contributed by atoms with Gasteiger partial charge < -0.3 is 19.7 Å². The molecule has 174 valence electrons. The number of hydrogen-bond acceptors (Lipinski definition) is 5. The highest BCUT2D eigenvalue weighted by molar-refractivity contribution is 5.94. The number of benzene rings is 3. The molecule has 0 aliphatic rings. The van der Waals surface area contributed by atoms with Crippen molar-refractivity contribution in [1.29, 1.82) is 5.26 Å². The molecule has 3 rings (SSSR count). The summed E-state index contributed by atoms with van der Waals surface area (Å²) in [5, 5.41) is 11.7. The monoisotopic (exact) mass is 457 g/mol. The molecule has 0 spiro atoms. The summed E-state index contributed by atoms with van der Waals surface area (Å²) >= 11 is 0. The normalized spacial score (nSPS) is 11.1. The Morgan fingerprint density at radius 2 is 1.74 bits per heavy atom. The lowest BCUT2D eigenvalue weighted by Crippen LogP contribution is -2.33. The number of methoxy groups -OCH3 is 1. The molecule has 2 amide bonds. The average Bonchev–Trinajstić information content (AvgIpc) is 2.88. The fraction of sp³-hybridized carbons (Fsp3) is 0.222. The molecule has 0 fully saturated rings. The first-order chi connectivity index (χ1) is 16.4. The predicted molar refractivity (Wildman–Crippen MR) is 130 cm³/mol. The molecule has 7 nitrogen and oxygen atoms in total. The minimum Gasteiger partial charge on any atom is -0.497 e. The van der Waals surface area contributed by atoms with Crippen LogP contribution in [-0.4, -0.2) is 37.0 Å². The molecule has 3 aromatic carbocycles. The fourth-order valence-corrected chi connectivity index (χ4v) is 3.52. The minimum absolute atomic E-state index is 0.110. The Kier molecular flexibility index (Phi) is 8.25. The van der Waals surface area contributed by atoms with E-state index in [2.05, 4.69) is 11.4 Å². The van der Waals surface area contributed by atoms with E-state index in [1.807, 2.05) is 26.0 Å². The van der Waals surface area contributed by atoms with Gasteiger partial charge in [-0.2, -0.15) is 5.26 Å². The van der Waals surface area contributed by atoms with Gasteiger partial charge in [0, 0.05) is 23.9 Å². The molecule has 7 heteroatoms. The fourth-order valence-electron chi connectivity index (χ4n) is 3.52. The van der Waals surface area contributed by atoms with Gasteiger partial charge in [-0.3, -0.25) is 9.59 Å². The highest BCUT2D eigenvalue weighted by atomic mass is 16.5. The van der Waals surface area contributed by atoms with Gasteiger partial charge >= 0.3 is 0 Å². The minimum atomic E-state index is -0.304. The van der Waals surface area contributed by atoms with E-state index in [1.165, 1.54) is 0 Å². The second-order valence-corrected chi connectivity index (χ2v) is 7.59. The Balaban J connectivity index is 1.59. The van der Waals surface area contributed by atoms with Gasteiger partial charge in [-0.25, -0.2) is 0 Å². The first-order valence-electron chi connectivity index (χ1n) is 10.9. The zero-order valence-corrected chi connectivity index (χ0v) is 19.4. The predicted octanol–water partition coefficient (Wildman–Crippen LogP) is 4.81. The van der Waals surface area contributed by atoms with Crippen LogP contribution in [0.4, 0.5) is 5.69 Å². The van der Waals surface area contributed by atoms with Gasteiger partial charge in [0.2, 0.25) is 0 Å². The number of ether oxygens (including phenoxy) is 2. The summed E-state index contributed by atoms with van der Waals surface area (Å²) in [6.45, 7) is 4.25. The Hall–Kier alpha value is -4.31. The van der Waals surface area contributed by atoms with Crippen molar-refractivity contribution in [1.82, 2.24) is 4.90 Å². The van der Waals surface area contributed by atoms with Crippen molar-refractivity contribution in [3.63, 3.8) is 0 Å². The number of carbonyl (C=O) groups excluding carboxylic acids is 2. The number of nitriles is 1. The van der Waals surface area contributed by atoms with Crippen LogP contribution < -0.4 is 14.8 Å². The Labute approximate surface area is 199 Å². The Morgan fingerprint density at radius 3 is 2.35 bits per heavy atom. The van der Waals surface area contributed by atoms with E-state index in [0.29, 0.717) is 34.9 Å². The van der Waals surface area contributed by atoms with Crippen molar-refractivity contribution < 1.29 is 19.1 Å². The zero-order chi connectivity index (χ0) is 24.5. The number of nitrogens with one attached hydrogen (secondary N) is 1. The smallest absolute Gasteiger partial charge is 0.262 e. The quantitative estimate of drug-likeness (QED) is 0.498. The van der Waals surface area contributed by atoms with Crippen LogP contribution >= 0.6 is 0 Å². The van der Waals surface area contributed by atoms with Crippen molar-refractivity contribution >= 4 is 17.5 Å². The maximum Gasteiger partial charge on any atom is 0.262 e. The number of carbonyl (C=O) groups is 2. The summed E-state index contributed by atoms with van der Waals surface area (Å²) in [4.78, 5) is 27.1. The summed E-state index contributed by atoms with van der Waals surface area (Å²) < 4.78 is 10.7. The lowest BCUT2D eigenvalue weighted by molar-refractivity contribution is -0.118. The topological polar surface area (TPSA) is 91.7 Å². The van der Waals surface area contributed by atoms with E-state index in [9.17, 15) is 9.59 Å². The lowest BCUT2D eigenvalue weighted by Gasteiger charge is -2.28. The van der Waals surface area contributed by atoms with Crippen LogP contribution in [0.1, 0.15) is 41.4 Å². The molecule has 0 heterocycles. The van der Waals surface area contributed by atoms with E-state index < -0.39 is 0 Å². The highest BCUT2D eigenvalue weighted by Gasteiger charge is 2.21. The summed E-state index contributed by atoms with van der Waals surface area (Å²) in [6, 6.07) is 23.0. The maximum atomic E-state index is 13.1. The van der Waals surface area contributed by atoms with Crippen LogP contribution in [0.3, 0.4) is 0 Å². The second-order valence-electron chi connectivity index (χ2n) is 7.59. The first-order valence-corrected chi connectivity index (χ1v) is 10.9. The van der Waals surface area contributed by atoms with Gasteiger partial charge in [-0.15, -0.1) is 0 Å². The van der Waals surface area contributed by atoms with Gasteiger partial charge in [0.1, 0.15) is 11.5 Å². The average molecular weight is 458 g/mol. The maximum absolute atomic E-state index is 13.1. The molecule has 0 bridgehead atoms. The Morgan fingerprint density at radius 1 is 1.03 bits per heavy atom. The van der Waals surface area contributed by atoms with Gasteiger partial charge in [0.05, 0.1) is 24.8 Å². The highest BCUT2D eigenvalue weighted by Crippen LogP contribution is 2.23. The van der Waals surface area contributed by atoms with Gasteiger partial charge in [-0.1, -0.05) is 18.2 Å². The molecule has 0 aliphatic carbocycles. The van der Waals surface area contributed by atoms with Crippen molar-refractivity contribution in [3.8, 4) is 17.6 Å². The van der Waals surface area contributed by atoms with Crippen LogP contribution in [0.25, 0.3) is 0 Å².